The Morgan fingerprint density at radius 2 is 1.36 bits per heavy atom. The standard InChI is InChI=1S/C32H34N2O4S/c1-5-22-21-39(37)29-26(28(35)34(29)27(22)30(36)38-31(2,3)4)33-32(23-15-9-6-10-16-23,24-17-11-7-12-18-24)25-19-13-8-14-20-25/h6-20,26,29,33H,5,21H2,1-4H3/t26?,29-,39?/m1/s1. The normalized spacial score (nSPS) is 21.3. The van der Waals surface area contributed by atoms with Gasteiger partial charge in [0.15, 0.2) is 0 Å². The number of nitrogens with zero attached hydrogens (tertiary/aromatic N) is 1. The SMILES string of the molecule is CCC1=C(C(=O)OC(C)(C)C)N2C(=O)C(NC(c3ccccc3)(c3ccccc3)c3ccccc3)[C@H]2S(=O)C1. The Hall–Kier alpha value is -3.55. The first-order chi connectivity index (χ1) is 18.7. The summed E-state index contributed by atoms with van der Waals surface area (Å²) in [5.74, 6) is -0.604. The van der Waals surface area contributed by atoms with E-state index in [1.54, 1.807) is 20.8 Å². The van der Waals surface area contributed by atoms with E-state index in [-0.39, 0.29) is 17.4 Å². The fourth-order valence-corrected chi connectivity index (χ4v) is 7.27. The number of benzene rings is 3. The molecule has 0 bridgehead atoms. The third kappa shape index (κ3) is 4.85. The molecule has 1 saturated heterocycles. The van der Waals surface area contributed by atoms with Crippen molar-refractivity contribution >= 4 is 22.7 Å². The number of hydrogen-bond acceptors (Lipinski definition) is 5. The highest BCUT2D eigenvalue weighted by molar-refractivity contribution is 7.86. The third-order valence-corrected chi connectivity index (χ3v) is 8.87. The van der Waals surface area contributed by atoms with E-state index in [9.17, 15) is 13.8 Å². The van der Waals surface area contributed by atoms with Crippen molar-refractivity contribution in [2.45, 2.75) is 56.7 Å². The molecule has 0 radical (unpaired) electrons. The van der Waals surface area contributed by atoms with Gasteiger partial charge in [-0.25, -0.2) is 4.79 Å². The van der Waals surface area contributed by atoms with E-state index in [4.69, 9.17) is 4.74 Å². The summed E-state index contributed by atoms with van der Waals surface area (Å²) in [6.07, 6.45) is 0.511. The van der Waals surface area contributed by atoms with Crippen molar-refractivity contribution in [2.24, 2.45) is 0 Å². The lowest BCUT2D eigenvalue weighted by molar-refractivity contribution is -0.159. The summed E-state index contributed by atoms with van der Waals surface area (Å²) >= 11 is 0. The van der Waals surface area contributed by atoms with Gasteiger partial charge in [-0.15, -0.1) is 0 Å². The third-order valence-electron chi connectivity index (χ3n) is 7.22. The van der Waals surface area contributed by atoms with Crippen LogP contribution in [0.5, 0.6) is 0 Å². The number of carbonyl (C=O) groups is 2. The second-order valence-corrected chi connectivity index (χ2v) is 12.4. The van der Waals surface area contributed by atoms with Crippen LogP contribution in [0.15, 0.2) is 102 Å². The molecular weight excluding hydrogens is 508 g/mol. The Bertz CT molecular complexity index is 1320. The zero-order valence-electron chi connectivity index (χ0n) is 22.7. The molecule has 3 aromatic carbocycles. The van der Waals surface area contributed by atoms with E-state index in [0.29, 0.717) is 12.0 Å². The van der Waals surface area contributed by atoms with E-state index < -0.39 is 39.3 Å². The number of carbonyl (C=O) groups excluding carboxylic acids is 2. The van der Waals surface area contributed by atoms with Crippen molar-refractivity contribution < 1.29 is 18.5 Å². The molecule has 5 rings (SSSR count). The maximum atomic E-state index is 13.9. The van der Waals surface area contributed by atoms with Crippen LogP contribution in [0.2, 0.25) is 0 Å². The monoisotopic (exact) mass is 542 g/mol. The van der Waals surface area contributed by atoms with Crippen molar-refractivity contribution in [3.63, 3.8) is 0 Å². The van der Waals surface area contributed by atoms with Gasteiger partial charge >= 0.3 is 5.97 Å². The van der Waals surface area contributed by atoms with E-state index >= 15 is 0 Å². The van der Waals surface area contributed by atoms with Gasteiger partial charge in [0.25, 0.3) is 0 Å². The number of rotatable bonds is 7. The quantitative estimate of drug-likeness (QED) is 0.262. The van der Waals surface area contributed by atoms with Crippen LogP contribution in [0, 0.1) is 0 Å². The van der Waals surface area contributed by atoms with Crippen molar-refractivity contribution in [1.29, 1.82) is 0 Å². The lowest BCUT2D eigenvalue weighted by Gasteiger charge is -2.53. The summed E-state index contributed by atoms with van der Waals surface area (Å²) in [4.78, 5) is 28.6. The zero-order valence-corrected chi connectivity index (χ0v) is 23.5. The molecule has 0 aliphatic carbocycles. The molecule has 3 aromatic rings. The molecule has 3 atom stereocenters. The van der Waals surface area contributed by atoms with Crippen LogP contribution in [0.3, 0.4) is 0 Å². The van der Waals surface area contributed by atoms with Gasteiger partial charge in [0.2, 0.25) is 5.91 Å². The van der Waals surface area contributed by atoms with Gasteiger partial charge < -0.3 is 4.74 Å². The molecular formula is C32H34N2O4S. The minimum absolute atomic E-state index is 0.229. The van der Waals surface area contributed by atoms with Gasteiger partial charge in [0, 0.05) is 5.75 Å². The number of ether oxygens (including phenoxy) is 1. The predicted octanol–water partition coefficient (Wildman–Crippen LogP) is 4.87. The number of fused-ring (bicyclic) bond motifs is 1. The van der Waals surface area contributed by atoms with Crippen molar-refractivity contribution in [2.75, 3.05) is 5.75 Å². The van der Waals surface area contributed by atoms with E-state index in [1.807, 2.05) is 97.9 Å². The highest BCUT2D eigenvalue weighted by atomic mass is 32.2. The van der Waals surface area contributed by atoms with Crippen molar-refractivity contribution in [3.8, 4) is 0 Å². The molecule has 0 spiro atoms. The van der Waals surface area contributed by atoms with Crippen LogP contribution >= 0.6 is 0 Å². The summed E-state index contributed by atoms with van der Waals surface area (Å²) in [6.45, 7) is 7.30. The van der Waals surface area contributed by atoms with Crippen LogP contribution in [-0.4, -0.2) is 43.8 Å². The molecule has 39 heavy (non-hydrogen) atoms. The van der Waals surface area contributed by atoms with Gasteiger partial charge in [-0.1, -0.05) is 97.9 Å². The Labute approximate surface area is 232 Å². The first-order valence-corrected chi connectivity index (χ1v) is 14.7. The van der Waals surface area contributed by atoms with Crippen LogP contribution in [0.25, 0.3) is 0 Å². The molecule has 1 fully saturated rings. The van der Waals surface area contributed by atoms with Crippen molar-refractivity contribution in [3.05, 3.63) is 119 Å². The molecule has 0 saturated carbocycles. The zero-order chi connectivity index (χ0) is 27.8. The Balaban J connectivity index is 1.62. The Morgan fingerprint density at radius 3 is 1.77 bits per heavy atom. The maximum Gasteiger partial charge on any atom is 0.355 e. The molecule has 6 nitrogen and oxygen atoms in total. The number of amides is 1. The summed E-state index contributed by atoms with van der Waals surface area (Å²) in [6, 6.07) is 29.2. The fourth-order valence-electron chi connectivity index (χ4n) is 5.49. The van der Waals surface area contributed by atoms with E-state index in [1.165, 1.54) is 4.90 Å². The summed E-state index contributed by atoms with van der Waals surface area (Å²) in [7, 11) is -1.40. The molecule has 2 unspecified atom stereocenters. The highest BCUT2D eigenvalue weighted by Crippen LogP contribution is 2.42. The number of hydrogen-bond donors (Lipinski definition) is 1. The first-order valence-electron chi connectivity index (χ1n) is 13.3. The summed E-state index contributed by atoms with van der Waals surface area (Å²) < 4.78 is 19.3. The second kappa shape index (κ2) is 10.5. The average molecular weight is 543 g/mol. The maximum absolute atomic E-state index is 13.9. The van der Waals surface area contributed by atoms with Gasteiger partial charge in [0.05, 0.1) is 16.3 Å². The van der Waals surface area contributed by atoms with Gasteiger partial charge in [-0.2, -0.15) is 0 Å². The topological polar surface area (TPSA) is 75.7 Å². The highest BCUT2D eigenvalue weighted by Gasteiger charge is 2.59. The lowest BCUT2D eigenvalue weighted by atomic mass is 9.76. The van der Waals surface area contributed by atoms with Gasteiger partial charge in [0.1, 0.15) is 22.7 Å². The van der Waals surface area contributed by atoms with Crippen LogP contribution < -0.4 is 5.32 Å². The molecule has 202 valence electrons. The second-order valence-electron chi connectivity index (χ2n) is 10.9. The molecule has 1 N–H and O–H groups in total. The molecule has 2 aliphatic heterocycles. The minimum atomic E-state index is -1.40. The molecule has 7 heteroatoms. The molecule has 0 aromatic heterocycles. The minimum Gasteiger partial charge on any atom is -0.455 e. The number of β-lactam (4-membered cyclic amide) rings is 1. The van der Waals surface area contributed by atoms with Crippen LogP contribution in [0.4, 0.5) is 0 Å². The number of esters is 1. The molecule has 2 heterocycles. The van der Waals surface area contributed by atoms with Crippen molar-refractivity contribution in [1.82, 2.24) is 10.2 Å². The predicted molar refractivity (Wildman–Crippen MR) is 153 cm³/mol. The first kappa shape index (κ1) is 27.0. The Morgan fingerprint density at radius 1 is 0.897 bits per heavy atom. The van der Waals surface area contributed by atoms with E-state index in [0.717, 1.165) is 16.7 Å². The van der Waals surface area contributed by atoms with Gasteiger partial charge in [-0.05, 0) is 49.5 Å². The van der Waals surface area contributed by atoms with Gasteiger partial charge in [-0.3, -0.25) is 19.2 Å². The number of nitrogens with one attached hydrogen (secondary N) is 1. The Kier molecular flexibility index (Phi) is 7.31. The van der Waals surface area contributed by atoms with Crippen LogP contribution in [-0.2, 0) is 30.7 Å². The fraction of sp³-hybridized carbons (Fsp3) is 0.312. The summed E-state index contributed by atoms with van der Waals surface area (Å²) in [5.41, 5.74) is 2.16. The summed E-state index contributed by atoms with van der Waals surface area (Å²) in [5, 5.41) is 2.99. The van der Waals surface area contributed by atoms with Crippen LogP contribution in [0.1, 0.15) is 50.8 Å². The molecule has 1 amide bonds. The van der Waals surface area contributed by atoms with E-state index in [2.05, 4.69) is 5.32 Å². The molecule has 2 aliphatic rings. The smallest absolute Gasteiger partial charge is 0.355 e. The largest absolute Gasteiger partial charge is 0.455 e. The lowest BCUT2D eigenvalue weighted by Crippen LogP contribution is -2.75. The average Bonchev–Trinajstić information content (AvgIpc) is 2.93.